The van der Waals surface area contributed by atoms with Gasteiger partial charge >= 0.3 is 0 Å². The number of anilines is 1. The molecule has 1 unspecified atom stereocenters. The van der Waals surface area contributed by atoms with Gasteiger partial charge in [0, 0.05) is 12.8 Å². The summed E-state index contributed by atoms with van der Waals surface area (Å²) in [5.41, 5.74) is 1.60. The Bertz CT molecular complexity index is 493. The minimum atomic E-state index is -0.308. The largest absolute Gasteiger partial charge is 0.296 e. The SMILES string of the molecule is CCCCN=CC1C(=O)N(c2ccccc2)N=C1C. The lowest BCUT2D eigenvalue weighted by Crippen LogP contribution is -2.27. The number of nitrogens with zero attached hydrogens (tertiary/aromatic N) is 3. The number of hydrogen-bond acceptors (Lipinski definition) is 3. The lowest BCUT2D eigenvalue weighted by Gasteiger charge is -2.12. The molecular weight excluding hydrogens is 238 g/mol. The highest BCUT2D eigenvalue weighted by molar-refractivity contribution is 6.23. The van der Waals surface area contributed by atoms with Gasteiger partial charge in [-0.25, -0.2) is 0 Å². The Morgan fingerprint density at radius 1 is 1.37 bits per heavy atom. The first kappa shape index (κ1) is 13.5. The van der Waals surface area contributed by atoms with Crippen LogP contribution in [0, 0.1) is 5.92 Å². The summed E-state index contributed by atoms with van der Waals surface area (Å²) in [4.78, 5) is 16.6. The Hall–Kier alpha value is -1.97. The molecule has 0 aliphatic carbocycles. The van der Waals surface area contributed by atoms with Crippen molar-refractivity contribution in [1.82, 2.24) is 0 Å². The Morgan fingerprint density at radius 3 is 2.79 bits per heavy atom. The lowest BCUT2D eigenvalue weighted by molar-refractivity contribution is -0.118. The van der Waals surface area contributed by atoms with Crippen LogP contribution in [-0.2, 0) is 4.79 Å². The molecule has 1 amide bonds. The van der Waals surface area contributed by atoms with E-state index in [9.17, 15) is 4.79 Å². The molecule has 0 radical (unpaired) electrons. The van der Waals surface area contributed by atoms with Gasteiger partial charge in [0.25, 0.3) is 5.91 Å². The van der Waals surface area contributed by atoms with Gasteiger partial charge in [-0.2, -0.15) is 10.1 Å². The van der Waals surface area contributed by atoms with E-state index in [-0.39, 0.29) is 11.8 Å². The summed E-state index contributed by atoms with van der Waals surface area (Å²) in [6.07, 6.45) is 3.90. The van der Waals surface area contributed by atoms with Crippen molar-refractivity contribution in [3.63, 3.8) is 0 Å². The predicted octanol–water partition coefficient (Wildman–Crippen LogP) is 2.90. The van der Waals surface area contributed by atoms with E-state index >= 15 is 0 Å². The number of benzene rings is 1. The molecule has 1 aromatic carbocycles. The van der Waals surface area contributed by atoms with Gasteiger partial charge in [-0.05, 0) is 25.5 Å². The number of aliphatic imine (C=N–C) groups is 1. The van der Waals surface area contributed by atoms with Crippen LogP contribution in [-0.4, -0.2) is 24.4 Å². The highest BCUT2D eigenvalue weighted by Gasteiger charge is 2.32. The van der Waals surface area contributed by atoms with Crippen molar-refractivity contribution >= 4 is 23.5 Å². The molecule has 0 spiro atoms. The summed E-state index contributed by atoms with van der Waals surface area (Å²) >= 11 is 0. The molecule has 1 atom stereocenters. The summed E-state index contributed by atoms with van der Waals surface area (Å²) in [5.74, 6) is -0.332. The second-order valence-corrected chi connectivity index (χ2v) is 4.61. The molecule has 1 aromatic rings. The number of carbonyl (C=O) groups excluding carboxylic acids is 1. The zero-order chi connectivity index (χ0) is 13.7. The quantitative estimate of drug-likeness (QED) is 0.591. The van der Waals surface area contributed by atoms with Crippen LogP contribution in [0.5, 0.6) is 0 Å². The molecule has 0 N–H and O–H groups in total. The van der Waals surface area contributed by atoms with Crippen LogP contribution in [0.1, 0.15) is 26.7 Å². The first-order chi connectivity index (χ1) is 9.24. The summed E-state index contributed by atoms with van der Waals surface area (Å²) in [6.45, 7) is 4.77. The number of unbranched alkanes of at least 4 members (excludes halogenated alkanes) is 1. The fourth-order valence-corrected chi connectivity index (χ4v) is 1.93. The van der Waals surface area contributed by atoms with Gasteiger partial charge in [-0.15, -0.1) is 0 Å². The molecule has 0 saturated carbocycles. The van der Waals surface area contributed by atoms with E-state index in [1.807, 2.05) is 37.3 Å². The molecule has 2 rings (SSSR count). The molecule has 0 bridgehead atoms. The minimum Gasteiger partial charge on any atom is -0.296 e. The summed E-state index contributed by atoms with van der Waals surface area (Å²) in [6, 6.07) is 9.48. The third-order valence-corrected chi connectivity index (χ3v) is 3.08. The summed E-state index contributed by atoms with van der Waals surface area (Å²) in [7, 11) is 0. The van der Waals surface area contributed by atoms with Crippen LogP contribution >= 0.6 is 0 Å². The van der Waals surface area contributed by atoms with Gasteiger partial charge in [0.15, 0.2) is 0 Å². The molecule has 0 aromatic heterocycles. The third-order valence-electron chi connectivity index (χ3n) is 3.08. The van der Waals surface area contributed by atoms with Crippen LogP contribution in [0.15, 0.2) is 40.4 Å². The maximum atomic E-state index is 12.3. The lowest BCUT2D eigenvalue weighted by atomic mass is 10.1. The molecule has 1 aliphatic rings. The summed E-state index contributed by atoms with van der Waals surface area (Å²) < 4.78 is 0. The topological polar surface area (TPSA) is 45.0 Å². The van der Waals surface area contributed by atoms with E-state index in [1.54, 1.807) is 6.21 Å². The monoisotopic (exact) mass is 257 g/mol. The molecule has 1 aliphatic heterocycles. The molecule has 100 valence electrons. The van der Waals surface area contributed by atoms with Crippen LogP contribution in [0.4, 0.5) is 5.69 Å². The molecule has 1 heterocycles. The molecule has 4 nitrogen and oxygen atoms in total. The zero-order valence-corrected chi connectivity index (χ0v) is 11.4. The van der Waals surface area contributed by atoms with Crippen molar-refractivity contribution in [3.05, 3.63) is 30.3 Å². The fraction of sp³-hybridized carbons (Fsp3) is 0.400. The van der Waals surface area contributed by atoms with Crippen molar-refractivity contribution in [1.29, 1.82) is 0 Å². The predicted molar refractivity (Wildman–Crippen MR) is 78.8 cm³/mol. The van der Waals surface area contributed by atoms with Gasteiger partial charge in [-0.1, -0.05) is 31.5 Å². The Balaban J connectivity index is 2.08. The first-order valence-electron chi connectivity index (χ1n) is 6.68. The molecule has 0 fully saturated rings. The first-order valence-corrected chi connectivity index (χ1v) is 6.68. The molecule has 19 heavy (non-hydrogen) atoms. The van der Waals surface area contributed by atoms with Crippen molar-refractivity contribution in [2.45, 2.75) is 26.7 Å². The van der Waals surface area contributed by atoms with Crippen molar-refractivity contribution in [3.8, 4) is 0 Å². The van der Waals surface area contributed by atoms with Crippen molar-refractivity contribution < 1.29 is 4.79 Å². The second kappa shape index (κ2) is 6.27. The van der Waals surface area contributed by atoms with Crippen molar-refractivity contribution in [2.75, 3.05) is 11.6 Å². The third kappa shape index (κ3) is 3.08. The van der Waals surface area contributed by atoms with Gasteiger partial charge in [0.05, 0.1) is 11.4 Å². The number of rotatable bonds is 5. The Labute approximate surface area is 113 Å². The number of carbonyl (C=O) groups is 1. The smallest absolute Gasteiger partial charge is 0.261 e. The fourth-order valence-electron chi connectivity index (χ4n) is 1.93. The maximum absolute atomic E-state index is 12.3. The van der Waals surface area contributed by atoms with Gasteiger partial charge in [-0.3, -0.25) is 9.79 Å². The van der Waals surface area contributed by atoms with E-state index < -0.39 is 0 Å². The highest BCUT2D eigenvalue weighted by Crippen LogP contribution is 2.22. The summed E-state index contributed by atoms with van der Waals surface area (Å²) in [5, 5.41) is 5.79. The number of amides is 1. The van der Waals surface area contributed by atoms with E-state index in [0.29, 0.717) is 0 Å². The van der Waals surface area contributed by atoms with E-state index in [0.717, 1.165) is 30.8 Å². The molecule has 4 heteroatoms. The van der Waals surface area contributed by atoms with Gasteiger partial charge < -0.3 is 0 Å². The van der Waals surface area contributed by atoms with Crippen LogP contribution in [0.25, 0.3) is 0 Å². The number of hydrogen-bond donors (Lipinski definition) is 0. The van der Waals surface area contributed by atoms with Gasteiger partial charge in [0.2, 0.25) is 0 Å². The Kier molecular flexibility index (Phi) is 4.44. The van der Waals surface area contributed by atoms with Crippen molar-refractivity contribution in [2.24, 2.45) is 16.0 Å². The number of para-hydroxylation sites is 1. The highest BCUT2D eigenvalue weighted by atomic mass is 16.2. The van der Waals surface area contributed by atoms with Crippen LogP contribution in [0.3, 0.4) is 0 Å². The van der Waals surface area contributed by atoms with E-state index in [1.165, 1.54) is 5.01 Å². The average Bonchev–Trinajstić information content (AvgIpc) is 2.72. The minimum absolute atomic E-state index is 0.0241. The van der Waals surface area contributed by atoms with Crippen LogP contribution in [0.2, 0.25) is 0 Å². The second-order valence-electron chi connectivity index (χ2n) is 4.61. The maximum Gasteiger partial charge on any atom is 0.261 e. The Morgan fingerprint density at radius 2 is 2.11 bits per heavy atom. The zero-order valence-electron chi connectivity index (χ0n) is 11.4. The standard InChI is InChI=1S/C15H19N3O/c1-3-4-10-16-11-14-12(2)17-18(15(14)19)13-8-6-5-7-9-13/h5-9,11,14H,3-4,10H2,1-2H3. The number of hydrazone groups is 1. The molecule has 0 saturated heterocycles. The van der Waals surface area contributed by atoms with E-state index in [2.05, 4.69) is 17.0 Å². The normalized spacial score (nSPS) is 19.3. The molecular formula is C15H19N3O. The van der Waals surface area contributed by atoms with Crippen LogP contribution < -0.4 is 5.01 Å². The average molecular weight is 257 g/mol. The van der Waals surface area contributed by atoms with Gasteiger partial charge in [0.1, 0.15) is 5.92 Å². The van der Waals surface area contributed by atoms with E-state index in [4.69, 9.17) is 0 Å².